The zero-order valence-electron chi connectivity index (χ0n) is 14.5. The maximum absolute atomic E-state index is 14.1. The van der Waals surface area contributed by atoms with Crippen LogP contribution in [0.3, 0.4) is 0 Å². The van der Waals surface area contributed by atoms with E-state index in [1.165, 1.54) is 4.90 Å². The monoisotopic (exact) mass is 349 g/mol. The zero-order valence-corrected chi connectivity index (χ0v) is 14.5. The molecule has 0 radical (unpaired) electrons. The highest BCUT2D eigenvalue weighted by atomic mass is 19.1. The summed E-state index contributed by atoms with van der Waals surface area (Å²) in [6.45, 7) is 3.82. The fourth-order valence-corrected chi connectivity index (χ4v) is 3.48. The summed E-state index contributed by atoms with van der Waals surface area (Å²) in [6.07, 6.45) is -0.448. The lowest BCUT2D eigenvalue weighted by molar-refractivity contribution is -0.131. The lowest BCUT2D eigenvalue weighted by Crippen LogP contribution is -2.33. The molecule has 0 spiro atoms. The highest BCUT2D eigenvalue weighted by Gasteiger charge is 2.37. The second-order valence-corrected chi connectivity index (χ2v) is 6.57. The van der Waals surface area contributed by atoms with Crippen molar-refractivity contribution in [2.45, 2.75) is 38.8 Å². The number of nitrogens with zero attached hydrogens (tertiary/aromatic N) is 3. The van der Waals surface area contributed by atoms with Crippen LogP contribution in [-0.4, -0.2) is 38.3 Å². The Morgan fingerprint density at radius 2 is 2.08 bits per heavy atom. The van der Waals surface area contributed by atoms with E-state index in [4.69, 9.17) is 0 Å². The van der Waals surface area contributed by atoms with Crippen molar-refractivity contribution in [1.82, 2.24) is 14.7 Å². The molecule has 134 valence electrons. The van der Waals surface area contributed by atoms with Gasteiger partial charge < -0.3 is 10.0 Å². The van der Waals surface area contributed by atoms with E-state index in [1.807, 2.05) is 13.8 Å². The maximum Gasteiger partial charge on any atom is 0.227 e. The summed E-state index contributed by atoms with van der Waals surface area (Å²) in [6, 6.07) is 2.51. The summed E-state index contributed by atoms with van der Waals surface area (Å²) in [5.41, 5.74) is 2.58. The Balaban J connectivity index is 1.89. The molecule has 3 rings (SSSR count). The van der Waals surface area contributed by atoms with Crippen LogP contribution in [0.25, 0.3) is 0 Å². The molecule has 1 aromatic heterocycles. The molecule has 1 fully saturated rings. The number of hydrogen-bond donors (Lipinski definition) is 1. The van der Waals surface area contributed by atoms with Gasteiger partial charge in [0.2, 0.25) is 5.91 Å². The molecule has 2 atom stereocenters. The van der Waals surface area contributed by atoms with Crippen LogP contribution in [0.1, 0.15) is 35.0 Å². The molecule has 1 aromatic carbocycles. The number of likely N-dealkylation sites (tertiary alicyclic amines) is 1. The van der Waals surface area contributed by atoms with Gasteiger partial charge in [-0.25, -0.2) is 8.78 Å². The van der Waals surface area contributed by atoms with Crippen LogP contribution in [0.4, 0.5) is 8.78 Å². The van der Waals surface area contributed by atoms with E-state index < -0.39 is 23.8 Å². The third-order valence-electron chi connectivity index (χ3n) is 4.90. The minimum absolute atomic E-state index is 0.101. The van der Waals surface area contributed by atoms with Crippen molar-refractivity contribution in [3.05, 3.63) is 52.3 Å². The Morgan fingerprint density at radius 3 is 2.72 bits per heavy atom. The Hall–Kier alpha value is -2.28. The van der Waals surface area contributed by atoms with Gasteiger partial charge >= 0.3 is 0 Å². The third-order valence-corrected chi connectivity index (χ3v) is 4.90. The van der Waals surface area contributed by atoms with Crippen molar-refractivity contribution < 1.29 is 18.7 Å². The van der Waals surface area contributed by atoms with Crippen LogP contribution < -0.4 is 0 Å². The number of aliphatic hydroxyl groups is 1. The van der Waals surface area contributed by atoms with Crippen LogP contribution in [-0.2, 0) is 18.3 Å². The average Bonchev–Trinajstić information content (AvgIpc) is 3.05. The smallest absolute Gasteiger partial charge is 0.227 e. The minimum atomic E-state index is -0.757. The van der Waals surface area contributed by atoms with Gasteiger partial charge in [-0.15, -0.1) is 0 Å². The van der Waals surface area contributed by atoms with Crippen molar-refractivity contribution in [1.29, 1.82) is 0 Å². The molecule has 25 heavy (non-hydrogen) atoms. The zero-order chi connectivity index (χ0) is 18.3. The van der Waals surface area contributed by atoms with E-state index in [1.54, 1.807) is 11.7 Å². The average molecular weight is 349 g/mol. The molecule has 0 aliphatic carbocycles. The quantitative estimate of drug-likeness (QED) is 0.924. The Morgan fingerprint density at radius 1 is 1.36 bits per heavy atom. The van der Waals surface area contributed by atoms with Gasteiger partial charge in [-0.3, -0.25) is 9.48 Å². The number of amides is 1. The molecule has 1 N–H and O–H groups in total. The summed E-state index contributed by atoms with van der Waals surface area (Å²) in [4.78, 5) is 14.3. The van der Waals surface area contributed by atoms with Crippen LogP contribution in [0.15, 0.2) is 18.2 Å². The first-order chi connectivity index (χ1) is 11.8. The van der Waals surface area contributed by atoms with Crippen molar-refractivity contribution in [3.8, 4) is 0 Å². The van der Waals surface area contributed by atoms with Gasteiger partial charge in [0.25, 0.3) is 0 Å². The third kappa shape index (κ3) is 3.28. The minimum Gasteiger partial charge on any atom is -0.391 e. The maximum atomic E-state index is 14.1. The number of β-amino-alcohol motifs (C(OH)–C–C–N with tert-alkyl or cyclic N) is 1. The highest BCUT2D eigenvalue weighted by molar-refractivity contribution is 5.80. The van der Waals surface area contributed by atoms with Crippen molar-refractivity contribution in [3.63, 3.8) is 0 Å². The summed E-state index contributed by atoms with van der Waals surface area (Å²) in [5, 5.41) is 14.3. The molecule has 2 aromatic rings. The van der Waals surface area contributed by atoms with Gasteiger partial charge in [0.1, 0.15) is 11.6 Å². The van der Waals surface area contributed by atoms with Gasteiger partial charge in [-0.1, -0.05) is 0 Å². The van der Waals surface area contributed by atoms with Crippen molar-refractivity contribution in [2.24, 2.45) is 7.05 Å². The van der Waals surface area contributed by atoms with E-state index in [0.29, 0.717) is 0 Å². The van der Waals surface area contributed by atoms with Crippen LogP contribution >= 0.6 is 0 Å². The number of halogens is 2. The first-order valence-corrected chi connectivity index (χ1v) is 8.19. The molecule has 2 heterocycles. The molecule has 5 nitrogen and oxygen atoms in total. The molecule has 0 unspecified atom stereocenters. The molecule has 0 bridgehead atoms. The number of benzene rings is 1. The second kappa shape index (κ2) is 6.55. The Labute approximate surface area is 144 Å². The lowest BCUT2D eigenvalue weighted by atomic mass is 10.0. The van der Waals surface area contributed by atoms with E-state index >= 15 is 0 Å². The van der Waals surface area contributed by atoms with Crippen molar-refractivity contribution >= 4 is 5.91 Å². The molecule has 1 saturated heterocycles. The molecule has 1 amide bonds. The van der Waals surface area contributed by atoms with Crippen LogP contribution in [0.5, 0.6) is 0 Å². The second-order valence-electron chi connectivity index (χ2n) is 6.57. The number of aryl methyl sites for hydroxylation is 2. The van der Waals surface area contributed by atoms with Crippen LogP contribution in [0, 0.1) is 25.5 Å². The number of carbonyl (C=O) groups excluding carboxylic acids is 1. The first-order valence-electron chi connectivity index (χ1n) is 8.19. The van der Waals surface area contributed by atoms with E-state index in [9.17, 15) is 18.7 Å². The predicted octanol–water partition coefficient (Wildman–Crippen LogP) is 2.19. The number of hydrogen-bond acceptors (Lipinski definition) is 3. The lowest BCUT2D eigenvalue weighted by Gasteiger charge is -2.25. The van der Waals surface area contributed by atoms with Gasteiger partial charge in [-0.05, 0) is 38.5 Å². The van der Waals surface area contributed by atoms with Gasteiger partial charge in [0.05, 0.1) is 24.3 Å². The Bertz CT molecular complexity index is 819. The standard InChI is InChI=1S/C18H21F2N3O2/c1-10-14(11(2)22(3)21-10)8-18(25)23-9-13(24)7-17(23)15-6-12(19)4-5-16(15)20/h4-6,13,17,24H,7-9H2,1-3H3/t13-,17-/m1/s1. The van der Waals surface area contributed by atoms with Gasteiger partial charge in [0, 0.05) is 30.4 Å². The molecular weight excluding hydrogens is 328 g/mol. The normalized spacial score (nSPS) is 20.3. The fraction of sp³-hybridized carbons (Fsp3) is 0.444. The number of aliphatic hydroxyl groups excluding tert-OH is 1. The van der Waals surface area contributed by atoms with Gasteiger partial charge in [-0.2, -0.15) is 5.10 Å². The van der Waals surface area contributed by atoms with E-state index in [0.717, 1.165) is 35.2 Å². The molecule has 0 saturated carbocycles. The van der Waals surface area contributed by atoms with E-state index in [-0.39, 0.29) is 30.9 Å². The largest absolute Gasteiger partial charge is 0.391 e. The Kier molecular flexibility index (Phi) is 4.60. The molecular formula is C18H21F2N3O2. The summed E-state index contributed by atoms with van der Waals surface area (Å²) in [5.74, 6) is -1.37. The number of carbonyl (C=O) groups is 1. The summed E-state index contributed by atoms with van der Waals surface area (Å²) < 4.78 is 29.4. The summed E-state index contributed by atoms with van der Waals surface area (Å²) in [7, 11) is 1.81. The van der Waals surface area contributed by atoms with Gasteiger partial charge in [0.15, 0.2) is 0 Å². The van der Waals surface area contributed by atoms with Crippen LogP contribution in [0.2, 0.25) is 0 Å². The first kappa shape index (κ1) is 17.5. The SMILES string of the molecule is Cc1nn(C)c(C)c1CC(=O)N1C[C@H](O)C[C@@H]1c1cc(F)ccc1F. The fourth-order valence-electron chi connectivity index (χ4n) is 3.48. The number of rotatable bonds is 3. The highest BCUT2D eigenvalue weighted by Crippen LogP contribution is 2.34. The predicted molar refractivity (Wildman–Crippen MR) is 87.8 cm³/mol. The van der Waals surface area contributed by atoms with E-state index in [2.05, 4.69) is 5.10 Å². The summed E-state index contributed by atoms with van der Waals surface area (Å²) >= 11 is 0. The molecule has 1 aliphatic heterocycles. The molecule has 7 heteroatoms. The van der Waals surface area contributed by atoms with Crippen molar-refractivity contribution in [2.75, 3.05) is 6.54 Å². The molecule has 1 aliphatic rings. The topological polar surface area (TPSA) is 58.4 Å². The number of aromatic nitrogens is 2.